The maximum atomic E-state index is 12.7. The number of amides is 1. The summed E-state index contributed by atoms with van der Waals surface area (Å²) < 4.78 is 10.5. The van der Waals surface area contributed by atoms with Crippen molar-refractivity contribution >= 4 is 39.1 Å². The molecule has 1 atom stereocenters. The molecule has 2 fully saturated rings. The highest BCUT2D eigenvalue weighted by molar-refractivity contribution is 7.21. The van der Waals surface area contributed by atoms with Gasteiger partial charge in [0, 0.05) is 31.0 Å². The van der Waals surface area contributed by atoms with Gasteiger partial charge >= 0.3 is 5.97 Å². The van der Waals surface area contributed by atoms with Gasteiger partial charge in [0.15, 0.2) is 0 Å². The lowest BCUT2D eigenvalue weighted by Gasteiger charge is -2.22. The van der Waals surface area contributed by atoms with Crippen molar-refractivity contribution in [2.75, 3.05) is 32.7 Å². The van der Waals surface area contributed by atoms with E-state index in [0.29, 0.717) is 35.5 Å². The predicted molar refractivity (Wildman–Crippen MR) is 121 cm³/mol. The molecular weight excluding hydrogens is 414 g/mol. The molecule has 1 N–H and O–H groups in total. The Balaban J connectivity index is 1.54. The molecule has 4 rings (SSSR count). The van der Waals surface area contributed by atoms with E-state index >= 15 is 0 Å². The van der Waals surface area contributed by atoms with Gasteiger partial charge in [0.2, 0.25) is 5.91 Å². The monoisotopic (exact) mass is 445 g/mol. The van der Waals surface area contributed by atoms with Gasteiger partial charge in [-0.15, -0.1) is 11.3 Å². The number of carbonyl (C=O) groups excluding carboxylic acids is 2. The number of likely N-dealkylation sites (N-methyl/N-ethyl adjacent to an activating group) is 1. The lowest BCUT2D eigenvalue weighted by atomic mass is 9.87. The first-order valence-corrected chi connectivity index (χ1v) is 12.0. The van der Waals surface area contributed by atoms with Crippen LogP contribution < -0.4 is 5.32 Å². The van der Waals surface area contributed by atoms with E-state index in [2.05, 4.69) is 17.3 Å². The molecule has 1 amide bonds. The fourth-order valence-electron chi connectivity index (χ4n) is 4.56. The largest absolute Gasteiger partial charge is 0.465 e. The fraction of sp³-hybridized carbons (Fsp3) is 0.609. The fourth-order valence-corrected chi connectivity index (χ4v) is 5.63. The van der Waals surface area contributed by atoms with Gasteiger partial charge in [-0.05, 0) is 44.4 Å². The van der Waals surface area contributed by atoms with Crippen LogP contribution in [-0.2, 0) is 20.8 Å². The minimum atomic E-state index is -0.447. The van der Waals surface area contributed by atoms with Crippen LogP contribution in [-0.4, -0.2) is 55.2 Å². The Morgan fingerprint density at radius 2 is 2.06 bits per heavy atom. The molecule has 7 nitrogen and oxygen atoms in total. The maximum Gasteiger partial charge on any atom is 0.350 e. The summed E-state index contributed by atoms with van der Waals surface area (Å²) in [6.45, 7) is 2.26. The molecule has 168 valence electrons. The molecule has 0 aromatic carbocycles. The van der Waals surface area contributed by atoms with Crippen LogP contribution in [0.3, 0.4) is 0 Å². The zero-order valence-electron chi connectivity index (χ0n) is 18.3. The van der Waals surface area contributed by atoms with Gasteiger partial charge in [0.05, 0.1) is 25.1 Å². The van der Waals surface area contributed by atoms with E-state index in [1.807, 2.05) is 12.1 Å². The summed E-state index contributed by atoms with van der Waals surface area (Å²) in [5.41, 5.74) is 1.46. The van der Waals surface area contributed by atoms with Gasteiger partial charge in [0.1, 0.15) is 9.71 Å². The molecule has 0 radical (unpaired) electrons. The number of hydrogen-bond donors (Lipinski definition) is 1. The van der Waals surface area contributed by atoms with Crippen LogP contribution in [0.2, 0.25) is 0 Å². The Bertz CT molecular complexity index is 932. The van der Waals surface area contributed by atoms with Crippen LogP contribution >= 0.6 is 11.3 Å². The summed E-state index contributed by atoms with van der Waals surface area (Å²) in [5, 5.41) is 3.79. The van der Waals surface area contributed by atoms with Gasteiger partial charge in [-0.1, -0.05) is 19.3 Å². The van der Waals surface area contributed by atoms with E-state index in [0.717, 1.165) is 48.4 Å². The number of anilines is 1. The first kappa shape index (κ1) is 22.2. The Labute approximate surface area is 187 Å². The van der Waals surface area contributed by atoms with E-state index in [-0.39, 0.29) is 5.91 Å². The second-order valence-corrected chi connectivity index (χ2v) is 9.64. The summed E-state index contributed by atoms with van der Waals surface area (Å²) in [6.07, 6.45) is 7.38. The van der Waals surface area contributed by atoms with Crippen molar-refractivity contribution in [3.63, 3.8) is 0 Å². The maximum absolute atomic E-state index is 12.7. The van der Waals surface area contributed by atoms with Gasteiger partial charge in [-0.25, -0.2) is 9.78 Å². The van der Waals surface area contributed by atoms with Crippen molar-refractivity contribution in [3.05, 3.63) is 22.7 Å². The minimum absolute atomic E-state index is 0.0400. The predicted octanol–water partition coefficient (Wildman–Crippen LogP) is 4.21. The number of pyridine rings is 1. The van der Waals surface area contributed by atoms with Crippen molar-refractivity contribution in [2.45, 2.75) is 57.5 Å². The molecule has 1 saturated heterocycles. The molecule has 3 heterocycles. The number of nitrogens with zero attached hydrogens (tertiary/aromatic N) is 2. The van der Waals surface area contributed by atoms with E-state index in [1.165, 1.54) is 37.7 Å². The average molecular weight is 446 g/mol. The van der Waals surface area contributed by atoms with Crippen LogP contribution in [0.1, 0.15) is 60.3 Å². The number of hydrogen-bond acceptors (Lipinski definition) is 7. The number of fused-ring (bicyclic) bond motifs is 1. The SMILES string of the molecule is COC(=O)c1sc2nc(CN(C)C3CCOC3)ccc2c1NC(=O)CC1CCCCC1. The third kappa shape index (κ3) is 5.25. The zero-order chi connectivity index (χ0) is 21.8. The minimum Gasteiger partial charge on any atom is -0.465 e. The van der Waals surface area contributed by atoms with Gasteiger partial charge < -0.3 is 14.8 Å². The number of methoxy groups -OCH3 is 1. The Hall–Kier alpha value is -2.03. The molecular formula is C23H31N3O4S. The summed E-state index contributed by atoms with van der Waals surface area (Å²) in [7, 11) is 3.44. The average Bonchev–Trinajstić information content (AvgIpc) is 3.42. The molecule has 2 aliphatic rings. The van der Waals surface area contributed by atoms with Crippen molar-refractivity contribution < 1.29 is 19.1 Å². The van der Waals surface area contributed by atoms with E-state index in [1.54, 1.807) is 0 Å². The van der Waals surface area contributed by atoms with E-state index < -0.39 is 5.97 Å². The number of rotatable bonds is 7. The number of carbonyl (C=O) groups is 2. The Morgan fingerprint density at radius 3 is 2.77 bits per heavy atom. The number of thiophene rings is 1. The van der Waals surface area contributed by atoms with Gasteiger partial charge in [-0.3, -0.25) is 9.69 Å². The standard InChI is InChI=1S/C23H31N3O4S/c1-26(17-10-11-30-14-17)13-16-8-9-18-20(21(23(28)29-2)31-22(18)24-16)25-19(27)12-15-6-4-3-5-7-15/h8-9,15,17H,3-7,10-14H2,1-2H3,(H,25,27). The molecule has 2 aromatic heterocycles. The lowest BCUT2D eigenvalue weighted by Crippen LogP contribution is -2.31. The second-order valence-electron chi connectivity index (χ2n) is 8.64. The van der Waals surface area contributed by atoms with E-state index in [9.17, 15) is 9.59 Å². The summed E-state index contributed by atoms with van der Waals surface area (Å²) in [4.78, 5) is 33.3. The van der Waals surface area contributed by atoms with Crippen LogP contribution in [0.5, 0.6) is 0 Å². The van der Waals surface area contributed by atoms with Gasteiger partial charge in [0.25, 0.3) is 0 Å². The topological polar surface area (TPSA) is 80.8 Å². The number of nitrogens with one attached hydrogen (secondary N) is 1. The molecule has 8 heteroatoms. The number of aromatic nitrogens is 1. The van der Waals surface area contributed by atoms with Crippen molar-refractivity contribution in [3.8, 4) is 0 Å². The number of ether oxygens (including phenoxy) is 2. The molecule has 1 unspecified atom stereocenters. The molecule has 0 spiro atoms. The normalized spacial score (nSPS) is 19.8. The summed E-state index contributed by atoms with van der Waals surface area (Å²) in [6, 6.07) is 4.33. The number of esters is 1. The third-order valence-electron chi connectivity index (χ3n) is 6.39. The Kier molecular flexibility index (Phi) is 7.20. The second kappa shape index (κ2) is 10.1. The summed E-state index contributed by atoms with van der Waals surface area (Å²) in [5.74, 6) is -0.0559. The first-order chi connectivity index (χ1) is 15.0. The zero-order valence-corrected chi connectivity index (χ0v) is 19.1. The van der Waals surface area contributed by atoms with Gasteiger partial charge in [-0.2, -0.15) is 0 Å². The molecule has 1 saturated carbocycles. The van der Waals surface area contributed by atoms with Crippen LogP contribution in [0.15, 0.2) is 12.1 Å². The van der Waals surface area contributed by atoms with Crippen molar-refractivity contribution in [1.82, 2.24) is 9.88 Å². The first-order valence-electron chi connectivity index (χ1n) is 11.1. The molecule has 31 heavy (non-hydrogen) atoms. The highest BCUT2D eigenvalue weighted by Crippen LogP contribution is 2.36. The Morgan fingerprint density at radius 1 is 1.26 bits per heavy atom. The third-order valence-corrected chi connectivity index (χ3v) is 7.47. The molecule has 1 aliphatic heterocycles. The molecule has 1 aliphatic carbocycles. The van der Waals surface area contributed by atoms with Crippen molar-refractivity contribution in [2.24, 2.45) is 5.92 Å². The quantitative estimate of drug-likeness (QED) is 0.643. The van der Waals surface area contributed by atoms with Crippen LogP contribution in [0.4, 0.5) is 5.69 Å². The molecule has 0 bridgehead atoms. The van der Waals surface area contributed by atoms with Crippen LogP contribution in [0.25, 0.3) is 10.2 Å². The highest BCUT2D eigenvalue weighted by Gasteiger charge is 2.25. The highest BCUT2D eigenvalue weighted by atomic mass is 32.1. The lowest BCUT2D eigenvalue weighted by molar-refractivity contribution is -0.117. The summed E-state index contributed by atoms with van der Waals surface area (Å²) >= 11 is 1.27. The van der Waals surface area contributed by atoms with Crippen molar-refractivity contribution in [1.29, 1.82) is 0 Å². The smallest absolute Gasteiger partial charge is 0.350 e. The van der Waals surface area contributed by atoms with Crippen LogP contribution in [0, 0.1) is 5.92 Å². The molecule has 2 aromatic rings. The van der Waals surface area contributed by atoms with E-state index in [4.69, 9.17) is 14.5 Å².